The van der Waals surface area contributed by atoms with E-state index in [1.54, 1.807) is 6.20 Å². The molecule has 2 heterocycles. The number of aromatic nitrogens is 2. The molecule has 1 aromatic heterocycles. The first kappa shape index (κ1) is 9.97. The molecule has 0 spiro atoms. The molecule has 0 atom stereocenters. The highest BCUT2D eigenvalue weighted by Gasteiger charge is 2.14. The van der Waals surface area contributed by atoms with E-state index in [4.69, 9.17) is 15.2 Å². The molecule has 0 aliphatic carbocycles. The third kappa shape index (κ3) is 2.10. The van der Waals surface area contributed by atoms with Crippen LogP contribution in [0.2, 0.25) is 0 Å². The summed E-state index contributed by atoms with van der Waals surface area (Å²) in [5, 5.41) is 0. The van der Waals surface area contributed by atoms with Crippen molar-refractivity contribution in [2.75, 3.05) is 44.0 Å². The Kier molecular flexibility index (Phi) is 2.86. The third-order valence-electron chi connectivity index (χ3n) is 2.28. The Labute approximate surface area is 88.0 Å². The van der Waals surface area contributed by atoms with E-state index in [1.807, 2.05) is 0 Å². The van der Waals surface area contributed by atoms with Crippen molar-refractivity contribution >= 4 is 11.6 Å². The standard InChI is InChI=1S/C9H14N4O2/c1-14-9-8(10)11-6-7(12-9)13-2-4-15-5-3-13/h6H,2-5H2,1H3,(H2,10,11). The summed E-state index contributed by atoms with van der Waals surface area (Å²) in [7, 11) is 1.53. The highest BCUT2D eigenvalue weighted by Crippen LogP contribution is 2.20. The second-order valence-corrected chi connectivity index (χ2v) is 3.22. The molecule has 0 bridgehead atoms. The Morgan fingerprint density at radius 2 is 2.20 bits per heavy atom. The van der Waals surface area contributed by atoms with Gasteiger partial charge in [-0.25, -0.2) is 4.98 Å². The molecule has 1 saturated heterocycles. The lowest BCUT2D eigenvalue weighted by Crippen LogP contribution is -2.36. The number of morpholine rings is 1. The quantitative estimate of drug-likeness (QED) is 0.735. The van der Waals surface area contributed by atoms with Gasteiger partial charge in [0.25, 0.3) is 5.88 Å². The van der Waals surface area contributed by atoms with Gasteiger partial charge >= 0.3 is 0 Å². The zero-order valence-electron chi connectivity index (χ0n) is 8.64. The van der Waals surface area contributed by atoms with Gasteiger partial charge < -0.3 is 20.1 Å². The number of nitrogens with two attached hydrogens (primary N) is 1. The van der Waals surface area contributed by atoms with E-state index >= 15 is 0 Å². The molecule has 2 N–H and O–H groups in total. The fraction of sp³-hybridized carbons (Fsp3) is 0.556. The van der Waals surface area contributed by atoms with Gasteiger partial charge in [0.15, 0.2) is 11.6 Å². The zero-order chi connectivity index (χ0) is 10.7. The van der Waals surface area contributed by atoms with Crippen molar-refractivity contribution in [3.63, 3.8) is 0 Å². The molecule has 0 amide bonds. The van der Waals surface area contributed by atoms with Crippen LogP contribution in [0.25, 0.3) is 0 Å². The zero-order valence-corrected chi connectivity index (χ0v) is 8.64. The van der Waals surface area contributed by atoms with Crippen LogP contribution in [0.3, 0.4) is 0 Å². The topological polar surface area (TPSA) is 73.5 Å². The minimum atomic E-state index is 0.314. The van der Waals surface area contributed by atoms with Gasteiger partial charge in [0.1, 0.15) is 0 Å². The van der Waals surface area contributed by atoms with Gasteiger partial charge in [0, 0.05) is 13.1 Å². The van der Waals surface area contributed by atoms with Gasteiger partial charge in [0.2, 0.25) is 0 Å². The summed E-state index contributed by atoms with van der Waals surface area (Å²) < 4.78 is 10.3. The Balaban J connectivity index is 2.20. The summed E-state index contributed by atoms with van der Waals surface area (Å²) in [5.74, 6) is 1.47. The lowest BCUT2D eigenvalue weighted by molar-refractivity contribution is 0.122. The van der Waals surface area contributed by atoms with E-state index in [0.29, 0.717) is 24.9 Å². The Hall–Kier alpha value is -1.56. The highest BCUT2D eigenvalue weighted by atomic mass is 16.5. The average molecular weight is 210 g/mol. The first-order chi connectivity index (χ1) is 7.31. The molecule has 15 heavy (non-hydrogen) atoms. The van der Waals surface area contributed by atoms with Crippen LogP contribution >= 0.6 is 0 Å². The maximum atomic E-state index is 5.59. The Morgan fingerprint density at radius 1 is 1.47 bits per heavy atom. The molecule has 1 aliphatic rings. The minimum Gasteiger partial charge on any atom is -0.478 e. The largest absolute Gasteiger partial charge is 0.478 e. The van der Waals surface area contributed by atoms with Crippen molar-refractivity contribution < 1.29 is 9.47 Å². The van der Waals surface area contributed by atoms with Crippen LogP contribution in [0.15, 0.2) is 6.20 Å². The van der Waals surface area contributed by atoms with Crippen molar-refractivity contribution in [3.8, 4) is 5.88 Å². The van der Waals surface area contributed by atoms with E-state index in [0.717, 1.165) is 18.9 Å². The number of anilines is 2. The molecule has 82 valence electrons. The van der Waals surface area contributed by atoms with Crippen molar-refractivity contribution in [2.24, 2.45) is 0 Å². The number of nitrogens with zero attached hydrogens (tertiary/aromatic N) is 3. The van der Waals surface area contributed by atoms with Crippen LogP contribution in [0.5, 0.6) is 5.88 Å². The molecule has 1 aromatic rings. The monoisotopic (exact) mass is 210 g/mol. The molecule has 0 unspecified atom stereocenters. The number of rotatable bonds is 2. The van der Waals surface area contributed by atoms with Crippen LogP contribution < -0.4 is 15.4 Å². The summed E-state index contributed by atoms with van der Waals surface area (Å²) in [6, 6.07) is 0. The van der Waals surface area contributed by atoms with Gasteiger partial charge in [-0.1, -0.05) is 0 Å². The number of ether oxygens (including phenoxy) is 2. The van der Waals surface area contributed by atoms with Crippen molar-refractivity contribution in [1.29, 1.82) is 0 Å². The predicted octanol–water partition coefficient (Wildman–Crippen LogP) is -0.0960. The van der Waals surface area contributed by atoms with Gasteiger partial charge in [0.05, 0.1) is 26.5 Å². The number of hydrogen-bond donors (Lipinski definition) is 1. The van der Waals surface area contributed by atoms with E-state index < -0.39 is 0 Å². The fourth-order valence-electron chi connectivity index (χ4n) is 1.47. The summed E-state index contributed by atoms with van der Waals surface area (Å²) in [6.45, 7) is 3.08. The van der Waals surface area contributed by atoms with Crippen molar-refractivity contribution in [2.45, 2.75) is 0 Å². The summed E-state index contributed by atoms with van der Waals surface area (Å²) in [4.78, 5) is 10.4. The van der Waals surface area contributed by atoms with Crippen LogP contribution in [0.4, 0.5) is 11.6 Å². The minimum absolute atomic E-state index is 0.314. The van der Waals surface area contributed by atoms with Gasteiger partial charge in [-0.3, -0.25) is 0 Å². The van der Waals surface area contributed by atoms with Crippen molar-refractivity contribution in [1.82, 2.24) is 9.97 Å². The Morgan fingerprint density at radius 3 is 2.87 bits per heavy atom. The predicted molar refractivity (Wildman–Crippen MR) is 56.0 cm³/mol. The molecule has 0 radical (unpaired) electrons. The van der Waals surface area contributed by atoms with Crippen LogP contribution in [0.1, 0.15) is 0 Å². The molecule has 6 heteroatoms. The number of methoxy groups -OCH3 is 1. The maximum absolute atomic E-state index is 5.59. The van der Waals surface area contributed by atoms with E-state index in [1.165, 1.54) is 7.11 Å². The molecule has 0 saturated carbocycles. The summed E-state index contributed by atoms with van der Waals surface area (Å²) >= 11 is 0. The SMILES string of the molecule is COc1nc(N2CCOCC2)cnc1N. The lowest BCUT2D eigenvalue weighted by atomic mass is 10.4. The second-order valence-electron chi connectivity index (χ2n) is 3.22. The average Bonchev–Trinajstić information content (AvgIpc) is 2.31. The normalized spacial score (nSPS) is 16.5. The van der Waals surface area contributed by atoms with Gasteiger partial charge in [-0.15, -0.1) is 0 Å². The highest BCUT2D eigenvalue weighted by molar-refractivity contribution is 5.47. The fourth-order valence-corrected chi connectivity index (χ4v) is 1.47. The van der Waals surface area contributed by atoms with Gasteiger partial charge in [-0.05, 0) is 0 Å². The van der Waals surface area contributed by atoms with Crippen LogP contribution in [-0.2, 0) is 4.74 Å². The molecular weight excluding hydrogens is 196 g/mol. The molecule has 1 fully saturated rings. The Bertz CT molecular complexity index is 339. The number of hydrogen-bond acceptors (Lipinski definition) is 6. The second kappa shape index (κ2) is 4.31. The summed E-state index contributed by atoms with van der Waals surface area (Å²) in [5.41, 5.74) is 5.59. The first-order valence-corrected chi connectivity index (χ1v) is 4.80. The van der Waals surface area contributed by atoms with Crippen molar-refractivity contribution in [3.05, 3.63) is 6.20 Å². The van der Waals surface area contributed by atoms with Gasteiger partial charge in [-0.2, -0.15) is 4.98 Å². The molecule has 1 aliphatic heterocycles. The van der Waals surface area contributed by atoms with E-state index in [9.17, 15) is 0 Å². The van der Waals surface area contributed by atoms with E-state index in [-0.39, 0.29) is 0 Å². The molecule has 2 rings (SSSR count). The smallest absolute Gasteiger partial charge is 0.258 e. The molecular formula is C9H14N4O2. The van der Waals surface area contributed by atoms with Crippen LogP contribution in [0, 0.1) is 0 Å². The first-order valence-electron chi connectivity index (χ1n) is 4.80. The lowest BCUT2D eigenvalue weighted by Gasteiger charge is -2.27. The third-order valence-corrected chi connectivity index (χ3v) is 2.28. The molecule has 0 aromatic carbocycles. The summed E-state index contributed by atoms with van der Waals surface area (Å²) in [6.07, 6.45) is 1.66. The molecule has 6 nitrogen and oxygen atoms in total. The number of nitrogen functional groups attached to an aromatic ring is 1. The van der Waals surface area contributed by atoms with E-state index in [2.05, 4.69) is 14.9 Å². The maximum Gasteiger partial charge on any atom is 0.258 e. The van der Waals surface area contributed by atoms with Crippen LogP contribution in [-0.4, -0.2) is 43.4 Å².